The van der Waals surface area contributed by atoms with Crippen LogP contribution in [0.5, 0.6) is 0 Å². The summed E-state index contributed by atoms with van der Waals surface area (Å²) in [7, 11) is 0. The maximum absolute atomic E-state index is 11.8. The van der Waals surface area contributed by atoms with Gasteiger partial charge in [-0.3, -0.25) is 9.59 Å². The smallest absolute Gasteiger partial charge is 0.305 e. The van der Waals surface area contributed by atoms with Crippen molar-refractivity contribution in [3.05, 3.63) is 18.2 Å². The van der Waals surface area contributed by atoms with Gasteiger partial charge >= 0.3 is 5.97 Å². The number of aromatic nitrogens is 2. The molecule has 6 heteroatoms. The monoisotopic (exact) mass is 253 g/mol. The molecule has 0 aliphatic rings. The minimum Gasteiger partial charge on any atom is -0.481 e. The highest BCUT2D eigenvalue weighted by Crippen LogP contribution is 2.17. The molecule has 0 unspecified atom stereocenters. The Bertz CT molecular complexity index is 426. The lowest BCUT2D eigenvalue weighted by Crippen LogP contribution is -2.33. The summed E-state index contributed by atoms with van der Waals surface area (Å²) < 4.78 is 1.81. The molecule has 1 rings (SSSR count). The normalized spacial score (nSPS) is 12.4. The summed E-state index contributed by atoms with van der Waals surface area (Å²) in [5.74, 6) is -0.0465. The van der Waals surface area contributed by atoms with Crippen molar-refractivity contribution >= 4 is 11.9 Å². The zero-order valence-electron chi connectivity index (χ0n) is 10.9. The molecule has 1 aromatic heterocycles. The molecule has 0 bridgehead atoms. The van der Waals surface area contributed by atoms with Crippen molar-refractivity contribution in [3.63, 3.8) is 0 Å². The van der Waals surface area contributed by atoms with E-state index in [1.165, 1.54) is 0 Å². The first-order valence-corrected chi connectivity index (χ1v) is 5.95. The van der Waals surface area contributed by atoms with E-state index in [4.69, 9.17) is 5.11 Å². The van der Waals surface area contributed by atoms with Gasteiger partial charge in [-0.05, 0) is 6.92 Å². The largest absolute Gasteiger partial charge is 0.481 e. The summed E-state index contributed by atoms with van der Waals surface area (Å²) in [6, 6.07) is -0.390. The Morgan fingerprint density at radius 2 is 2.11 bits per heavy atom. The second-order valence-corrected chi connectivity index (χ2v) is 4.46. The number of carbonyl (C=O) groups is 2. The van der Waals surface area contributed by atoms with Gasteiger partial charge in [0.15, 0.2) is 0 Å². The first-order valence-electron chi connectivity index (χ1n) is 5.95. The molecule has 0 aliphatic heterocycles. The Morgan fingerprint density at radius 3 is 2.67 bits per heavy atom. The molecule has 0 radical (unpaired) electrons. The first kappa shape index (κ1) is 14.2. The zero-order valence-corrected chi connectivity index (χ0v) is 10.9. The SMILES string of the molecule is CC(C)c1nccn1[C@@H](C)C(=O)NCCC(=O)O. The molecule has 0 spiro atoms. The molecule has 0 saturated carbocycles. The molecular formula is C12H19N3O3. The molecule has 0 aliphatic carbocycles. The van der Waals surface area contributed by atoms with Gasteiger partial charge in [0.05, 0.1) is 6.42 Å². The van der Waals surface area contributed by atoms with Crippen LogP contribution in [-0.2, 0) is 9.59 Å². The maximum atomic E-state index is 11.8. The summed E-state index contributed by atoms with van der Waals surface area (Å²) in [5.41, 5.74) is 0. The Labute approximate surface area is 106 Å². The summed E-state index contributed by atoms with van der Waals surface area (Å²) in [5, 5.41) is 11.1. The number of imidazole rings is 1. The van der Waals surface area contributed by atoms with Gasteiger partial charge in [-0.25, -0.2) is 4.98 Å². The van der Waals surface area contributed by atoms with E-state index in [0.717, 1.165) is 5.82 Å². The van der Waals surface area contributed by atoms with E-state index in [9.17, 15) is 9.59 Å². The number of amides is 1. The average Bonchev–Trinajstić information content (AvgIpc) is 2.76. The third kappa shape index (κ3) is 3.58. The molecule has 1 amide bonds. The lowest BCUT2D eigenvalue weighted by Gasteiger charge is -2.17. The first-order chi connectivity index (χ1) is 8.43. The second-order valence-electron chi connectivity index (χ2n) is 4.46. The van der Waals surface area contributed by atoms with Crippen molar-refractivity contribution in [1.29, 1.82) is 0 Å². The molecule has 6 nitrogen and oxygen atoms in total. The highest BCUT2D eigenvalue weighted by molar-refractivity contribution is 5.80. The third-order valence-corrected chi connectivity index (χ3v) is 2.65. The van der Waals surface area contributed by atoms with Crippen LogP contribution in [-0.4, -0.2) is 33.1 Å². The van der Waals surface area contributed by atoms with Gasteiger partial charge in [-0.1, -0.05) is 13.8 Å². The van der Waals surface area contributed by atoms with Gasteiger partial charge < -0.3 is 15.0 Å². The Balaban J connectivity index is 2.63. The topological polar surface area (TPSA) is 84.2 Å². The Kier molecular flexibility index (Phi) is 4.88. The summed E-state index contributed by atoms with van der Waals surface area (Å²) in [6.45, 7) is 5.93. The van der Waals surface area contributed by atoms with Gasteiger partial charge in [0, 0.05) is 24.9 Å². The van der Waals surface area contributed by atoms with Crippen molar-refractivity contribution in [2.24, 2.45) is 0 Å². The van der Waals surface area contributed by atoms with E-state index >= 15 is 0 Å². The lowest BCUT2D eigenvalue weighted by molar-refractivity contribution is -0.137. The van der Waals surface area contributed by atoms with Crippen LogP contribution in [0.25, 0.3) is 0 Å². The Hall–Kier alpha value is -1.85. The van der Waals surface area contributed by atoms with Crippen LogP contribution in [0.15, 0.2) is 12.4 Å². The van der Waals surface area contributed by atoms with Crippen LogP contribution in [0.1, 0.15) is 45.0 Å². The minimum atomic E-state index is -0.923. The van der Waals surface area contributed by atoms with E-state index in [1.54, 1.807) is 23.9 Å². The van der Waals surface area contributed by atoms with Crippen LogP contribution < -0.4 is 5.32 Å². The molecule has 100 valence electrons. The van der Waals surface area contributed by atoms with Gasteiger partial charge in [0.25, 0.3) is 0 Å². The molecular weight excluding hydrogens is 234 g/mol. The van der Waals surface area contributed by atoms with Crippen molar-refractivity contribution < 1.29 is 14.7 Å². The predicted molar refractivity (Wildman–Crippen MR) is 66.3 cm³/mol. The fourth-order valence-corrected chi connectivity index (χ4v) is 1.67. The average molecular weight is 253 g/mol. The maximum Gasteiger partial charge on any atom is 0.305 e. The summed E-state index contributed by atoms with van der Waals surface area (Å²) >= 11 is 0. The molecule has 18 heavy (non-hydrogen) atoms. The predicted octanol–water partition coefficient (Wildman–Crippen LogP) is 1.16. The van der Waals surface area contributed by atoms with E-state index < -0.39 is 12.0 Å². The van der Waals surface area contributed by atoms with Gasteiger partial charge in [0.1, 0.15) is 11.9 Å². The number of rotatable bonds is 6. The summed E-state index contributed by atoms with van der Waals surface area (Å²) in [4.78, 5) is 26.4. The van der Waals surface area contributed by atoms with E-state index in [0.29, 0.717) is 0 Å². The number of carboxylic acid groups (broad SMARTS) is 1. The van der Waals surface area contributed by atoms with Crippen LogP contribution >= 0.6 is 0 Å². The van der Waals surface area contributed by atoms with Crippen LogP contribution in [0, 0.1) is 0 Å². The van der Waals surface area contributed by atoms with Crippen LogP contribution in [0.4, 0.5) is 0 Å². The van der Waals surface area contributed by atoms with Crippen molar-refractivity contribution in [2.45, 2.75) is 39.2 Å². The number of aliphatic carboxylic acids is 1. The molecule has 0 fully saturated rings. The number of hydrogen-bond acceptors (Lipinski definition) is 3. The van der Waals surface area contributed by atoms with Crippen molar-refractivity contribution in [1.82, 2.24) is 14.9 Å². The lowest BCUT2D eigenvalue weighted by atomic mass is 10.2. The minimum absolute atomic E-state index is 0.0700. The quantitative estimate of drug-likeness (QED) is 0.796. The number of carboxylic acids is 1. The molecule has 2 N–H and O–H groups in total. The van der Waals surface area contributed by atoms with Crippen molar-refractivity contribution in [3.8, 4) is 0 Å². The van der Waals surface area contributed by atoms with Crippen LogP contribution in [0.3, 0.4) is 0 Å². The fraction of sp³-hybridized carbons (Fsp3) is 0.583. The molecule has 1 atom stereocenters. The highest BCUT2D eigenvalue weighted by atomic mass is 16.4. The van der Waals surface area contributed by atoms with Gasteiger partial charge in [-0.15, -0.1) is 0 Å². The fourth-order valence-electron chi connectivity index (χ4n) is 1.67. The van der Waals surface area contributed by atoms with Gasteiger partial charge in [-0.2, -0.15) is 0 Å². The number of carbonyl (C=O) groups excluding carboxylic acids is 1. The van der Waals surface area contributed by atoms with E-state index in [2.05, 4.69) is 10.3 Å². The number of nitrogens with zero attached hydrogens (tertiary/aromatic N) is 2. The number of hydrogen-bond donors (Lipinski definition) is 2. The molecule has 0 saturated heterocycles. The van der Waals surface area contributed by atoms with Crippen molar-refractivity contribution in [2.75, 3.05) is 6.54 Å². The standard InChI is InChI=1S/C12H19N3O3/c1-8(2)11-13-6-7-15(11)9(3)12(18)14-5-4-10(16)17/h6-9H,4-5H2,1-3H3,(H,14,18)(H,16,17)/t9-/m0/s1. The second kappa shape index (κ2) is 6.18. The van der Waals surface area contributed by atoms with E-state index in [-0.39, 0.29) is 24.8 Å². The number of nitrogens with one attached hydrogen (secondary N) is 1. The Morgan fingerprint density at radius 1 is 1.44 bits per heavy atom. The molecule has 1 aromatic rings. The zero-order chi connectivity index (χ0) is 13.7. The van der Waals surface area contributed by atoms with Gasteiger partial charge in [0.2, 0.25) is 5.91 Å². The molecule has 1 heterocycles. The molecule has 0 aromatic carbocycles. The van der Waals surface area contributed by atoms with Crippen LogP contribution in [0.2, 0.25) is 0 Å². The highest BCUT2D eigenvalue weighted by Gasteiger charge is 2.18. The summed E-state index contributed by atoms with van der Waals surface area (Å²) in [6.07, 6.45) is 3.35. The van der Waals surface area contributed by atoms with E-state index in [1.807, 2.05) is 13.8 Å². The third-order valence-electron chi connectivity index (χ3n) is 2.65.